The predicted molar refractivity (Wildman–Crippen MR) is 97.3 cm³/mol. The molecule has 3 N–H and O–H groups in total. The first kappa shape index (κ1) is 16.4. The molecule has 120 valence electrons. The first-order valence-electron chi connectivity index (χ1n) is 6.92. The van der Waals surface area contributed by atoms with Gasteiger partial charge in [-0.25, -0.2) is 4.39 Å². The minimum atomic E-state index is -0.503. The number of pyridine rings is 1. The first-order chi connectivity index (χ1) is 11.5. The Labute approximate surface area is 147 Å². The molecular weight excluding hydrogens is 347 g/mol. The van der Waals surface area contributed by atoms with Crippen molar-refractivity contribution in [1.82, 2.24) is 4.98 Å². The Morgan fingerprint density at radius 1 is 1.33 bits per heavy atom. The maximum absolute atomic E-state index is 13.3. The number of aromatic nitrogens is 1. The van der Waals surface area contributed by atoms with Gasteiger partial charge in [-0.3, -0.25) is 4.98 Å². The van der Waals surface area contributed by atoms with Gasteiger partial charge in [0.05, 0.1) is 21.8 Å². The number of fused-ring (bicyclic) bond motifs is 1. The summed E-state index contributed by atoms with van der Waals surface area (Å²) in [5.41, 5.74) is 8.78. The van der Waals surface area contributed by atoms with Gasteiger partial charge in [0.15, 0.2) is 0 Å². The minimum Gasteiger partial charge on any atom is -0.399 e. The van der Waals surface area contributed by atoms with Gasteiger partial charge >= 0.3 is 0 Å². The van der Waals surface area contributed by atoms with E-state index in [1.165, 1.54) is 30.1 Å². The molecule has 0 saturated carbocycles. The summed E-state index contributed by atoms with van der Waals surface area (Å²) in [7, 11) is 0. The lowest BCUT2D eigenvalue weighted by Crippen LogP contribution is -1.99. The number of benzene rings is 2. The summed E-state index contributed by atoms with van der Waals surface area (Å²) in [5, 5.41) is 13.3. The smallest absolute Gasteiger partial charge is 0.141 e. The Balaban J connectivity index is 2.23. The van der Waals surface area contributed by atoms with Crippen LogP contribution in [-0.4, -0.2) is 11.2 Å². The van der Waals surface area contributed by atoms with Gasteiger partial charge in [-0.1, -0.05) is 11.6 Å². The molecule has 1 heterocycles. The van der Waals surface area contributed by atoms with Crippen LogP contribution in [0.5, 0.6) is 0 Å². The van der Waals surface area contributed by atoms with Crippen molar-refractivity contribution in [2.24, 2.45) is 0 Å². The fraction of sp³-hybridized carbons (Fsp3) is 0.0588. The van der Waals surface area contributed by atoms with Gasteiger partial charge < -0.3 is 11.1 Å². The molecule has 3 rings (SSSR count). The largest absolute Gasteiger partial charge is 0.399 e. The van der Waals surface area contributed by atoms with Crippen molar-refractivity contribution < 1.29 is 4.39 Å². The number of nitrogens with one attached hydrogen (secondary N) is 1. The number of nitrogens with zero attached hydrogens (tertiary/aromatic N) is 2. The molecule has 0 aliphatic heterocycles. The molecule has 0 saturated heterocycles. The van der Waals surface area contributed by atoms with Crippen LogP contribution < -0.4 is 11.1 Å². The second-order valence-corrected chi connectivity index (χ2v) is 6.29. The number of halogens is 2. The summed E-state index contributed by atoms with van der Waals surface area (Å²) in [4.78, 5) is 5.28. The average molecular weight is 359 g/mol. The van der Waals surface area contributed by atoms with Gasteiger partial charge in [-0.2, -0.15) is 5.26 Å². The summed E-state index contributed by atoms with van der Waals surface area (Å²) in [6, 6.07) is 9.99. The highest BCUT2D eigenvalue weighted by Crippen LogP contribution is 2.35. The van der Waals surface area contributed by atoms with E-state index in [2.05, 4.69) is 16.4 Å². The van der Waals surface area contributed by atoms with E-state index in [9.17, 15) is 9.65 Å². The number of nitriles is 1. The van der Waals surface area contributed by atoms with Crippen LogP contribution in [0, 0.1) is 17.1 Å². The van der Waals surface area contributed by atoms with Gasteiger partial charge in [-0.05, 0) is 36.6 Å². The topological polar surface area (TPSA) is 74.7 Å². The summed E-state index contributed by atoms with van der Waals surface area (Å²) < 4.78 is 13.3. The molecule has 3 aromatic rings. The minimum absolute atomic E-state index is 0.00110. The van der Waals surface area contributed by atoms with E-state index < -0.39 is 5.82 Å². The number of nitrogen functional groups attached to an aromatic ring is 1. The third-order valence-corrected chi connectivity index (χ3v) is 4.53. The van der Waals surface area contributed by atoms with Crippen molar-refractivity contribution in [3.63, 3.8) is 0 Å². The van der Waals surface area contributed by atoms with E-state index in [1.54, 1.807) is 12.1 Å². The fourth-order valence-corrected chi connectivity index (χ4v) is 3.18. The summed E-state index contributed by atoms with van der Waals surface area (Å²) >= 11 is 7.35. The highest BCUT2D eigenvalue weighted by molar-refractivity contribution is 7.98. The Kier molecular flexibility index (Phi) is 4.47. The van der Waals surface area contributed by atoms with Crippen LogP contribution in [0.15, 0.2) is 41.4 Å². The van der Waals surface area contributed by atoms with Gasteiger partial charge in [0.1, 0.15) is 11.9 Å². The first-order valence-corrected chi connectivity index (χ1v) is 8.52. The van der Waals surface area contributed by atoms with Crippen LogP contribution in [0.1, 0.15) is 5.56 Å². The quantitative estimate of drug-likeness (QED) is 0.512. The molecule has 4 nitrogen and oxygen atoms in total. The van der Waals surface area contributed by atoms with Crippen LogP contribution in [0.25, 0.3) is 10.9 Å². The SMILES string of the molecule is CSc1cc(N)cc2c(Nc3ccc(F)c(Cl)c3)c(C#N)cnc12. The standard InChI is InChI=1S/C17H12ClFN4S/c1-24-15-5-10(21)4-12-16(9(7-20)8-22-17(12)15)23-11-2-3-14(19)13(18)6-11/h2-6,8H,21H2,1H3,(H,22,23). The lowest BCUT2D eigenvalue weighted by molar-refractivity contribution is 0.628. The van der Waals surface area contributed by atoms with Gasteiger partial charge in [0, 0.05) is 27.9 Å². The average Bonchev–Trinajstić information content (AvgIpc) is 2.57. The number of rotatable bonds is 3. The maximum atomic E-state index is 13.3. The third-order valence-electron chi connectivity index (χ3n) is 3.49. The zero-order valence-corrected chi connectivity index (χ0v) is 14.2. The molecule has 24 heavy (non-hydrogen) atoms. The van der Waals surface area contributed by atoms with Crippen LogP contribution in [0.3, 0.4) is 0 Å². The van der Waals surface area contributed by atoms with Gasteiger partial charge in [0.2, 0.25) is 0 Å². The van der Waals surface area contributed by atoms with E-state index in [1.807, 2.05) is 12.3 Å². The number of thioether (sulfide) groups is 1. The molecule has 0 atom stereocenters. The van der Waals surface area contributed by atoms with Crippen LogP contribution in [-0.2, 0) is 0 Å². The number of hydrogen-bond acceptors (Lipinski definition) is 5. The number of hydrogen-bond donors (Lipinski definition) is 2. The fourth-order valence-electron chi connectivity index (χ4n) is 2.38. The van der Waals surface area contributed by atoms with Gasteiger partial charge in [-0.15, -0.1) is 11.8 Å². The van der Waals surface area contributed by atoms with Crippen molar-refractivity contribution >= 4 is 51.3 Å². The van der Waals surface area contributed by atoms with E-state index >= 15 is 0 Å². The Morgan fingerprint density at radius 2 is 2.12 bits per heavy atom. The molecule has 0 fully saturated rings. The van der Waals surface area contributed by atoms with Crippen molar-refractivity contribution in [3.8, 4) is 6.07 Å². The molecule has 2 aromatic carbocycles. The van der Waals surface area contributed by atoms with Crippen LogP contribution >= 0.6 is 23.4 Å². The molecule has 0 aliphatic carbocycles. The van der Waals surface area contributed by atoms with Crippen LogP contribution in [0.4, 0.5) is 21.5 Å². The highest BCUT2D eigenvalue weighted by atomic mass is 35.5. The number of anilines is 3. The Bertz CT molecular complexity index is 984. The molecule has 7 heteroatoms. The van der Waals surface area contributed by atoms with Crippen molar-refractivity contribution in [3.05, 3.63) is 52.9 Å². The van der Waals surface area contributed by atoms with Crippen molar-refractivity contribution in [2.75, 3.05) is 17.3 Å². The van der Waals surface area contributed by atoms with E-state index in [0.717, 1.165) is 15.8 Å². The lowest BCUT2D eigenvalue weighted by atomic mass is 10.1. The summed E-state index contributed by atoms with van der Waals surface area (Å²) in [6.45, 7) is 0. The lowest BCUT2D eigenvalue weighted by Gasteiger charge is -2.14. The summed E-state index contributed by atoms with van der Waals surface area (Å²) in [6.07, 6.45) is 3.44. The second kappa shape index (κ2) is 6.56. The molecule has 0 spiro atoms. The molecular formula is C17H12ClFN4S. The summed E-state index contributed by atoms with van der Waals surface area (Å²) in [5.74, 6) is -0.503. The Morgan fingerprint density at radius 3 is 2.79 bits per heavy atom. The molecule has 0 amide bonds. The normalized spacial score (nSPS) is 10.6. The van der Waals surface area contributed by atoms with Crippen molar-refractivity contribution in [1.29, 1.82) is 5.26 Å². The predicted octanol–water partition coefficient (Wildman–Crippen LogP) is 4.95. The van der Waals surface area contributed by atoms with E-state index in [4.69, 9.17) is 17.3 Å². The third kappa shape index (κ3) is 2.96. The van der Waals surface area contributed by atoms with E-state index in [0.29, 0.717) is 22.6 Å². The zero-order valence-electron chi connectivity index (χ0n) is 12.6. The Hall–Kier alpha value is -2.49. The molecule has 0 unspecified atom stereocenters. The van der Waals surface area contributed by atoms with E-state index in [-0.39, 0.29) is 5.02 Å². The molecule has 1 aromatic heterocycles. The number of nitrogens with two attached hydrogens (primary N) is 1. The van der Waals surface area contributed by atoms with Gasteiger partial charge in [0.25, 0.3) is 0 Å². The monoisotopic (exact) mass is 358 g/mol. The van der Waals surface area contributed by atoms with Crippen LogP contribution in [0.2, 0.25) is 5.02 Å². The zero-order chi connectivity index (χ0) is 17.3. The maximum Gasteiger partial charge on any atom is 0.141 e. The molecule has 0 aliphatic rings. The van der Waals surface area contributed by atoms with Crippen molar-refractivity contribution in [2.45, 2.75) is 4.90 Å². The second-order valence-electron chi connectivity index (χ2n) is 5.03. The molecule has 0 bridgehead atoms. The molecule has 0 radical (unpaired) electrons. The highest BCUT2D eigenvalue weighted by Gasteiger charge is 2.13.